The van der Waals surface area contributed by atoms with E-state index in [0.29, 0.717) is 54.4 Å². The van der Waals surface area contributed by atoms with Crippen LogP contribution in [0.25, 0.3) is 0 Å². The number of ether oxygens (including phenoxy) is 2. The minimum absolute atomic E-state index is 0.0650. The van der Waals surface area contributed by atoms with Crippen molar-refractivity contribution >= 4 is 27.5 Å². The summed E-state index contributed by atoms with van der Waals surface area (Å²) >= 11 is 6.10. The van der Waals surface area contributed by atoms with E-state index in [0.717, 1.165) is 0 Å². The predicted octanol–water partition coefficient (Wildman–Crippen LogP) is 2.00. The van der Waals surface area contributed by atoms with Gasteiger partial charge in [0, 0.05) is 24.7 Å². The molecule has 0 radical (unpaired) electrons. The maximum Gasteiger partial charge on any atom is 0.251 e. The summed E-state index contributed by atoms with van der Waals surface area (Å²) in [4.78, 5) is 12.4. The van der Waals surface area contributed by atoms with Gasteiger partial charge in [-0.25, -0.2) is 12.7 Å². The third-order valence-corrected chi connectivity index (χ3v) is 6.69. The molecule has 0 bridgehead atoms. The van der Waals surface area contributed by atoms with Crippen LogP contribution in [-0.2, 0) is 10.0 Å². The standard InChI is InChI=1S/C16H21ClN2O5S/c1-2-7-25(21,22)19-5-3-12(4-6-19)18-16(20)11-8-13(17)15-14(9-11)23-10-24-15/h8-9,12H,2-7,10H2,1H3,(H,18,20). The van der Waals surface area contributed by atoms with Crippen molar-refractivity contribution in [1.82, 2.24) is 9.62 Å². The Kier molecular flexibility index (Phi) is 5.41. The number of hydrogen-bond acceptors (Lipinski definition) is 5. The molecule has 0 aromatic heterocycles. The van der Waals surface area contributed by atoms with E-state index in [4.69, 9.17) is 21.1 Å². The molecule has 3 rings (SSSR count). The Labute approximate surface area is 152 Å². The maximum absolute atomic E-state index is 12.4. The van der Waals surface area contributed by atoms with Crippen LogP contribution in [0.5, 0.6) is 11.5 Å². The number of halogens is 1. The van der Waals surface area contributed by atoms with Gasteiger partial charge < -0.3 is 14.8 Å². The average molecular weight is 389 g/mol. The minimum Gasteiger partial charge on any atom is -0.454 e. The van der Waals surface area contributed by atoms with Gasteiger partial charge in [0.15, 0.2) is 11.5 Å². The van der Waals surface area contributed by atoms with Crippen LogP contribution in [0, 0.1) is 0 Å². The van der Waals surface area contributed by atoms with Crippen LogP contribution in [-0.4, -0.2) is 50.3 Å². The Morgan fingerprint density at radius 2 is 2.04 bits per heavy atom. The zero-order valence-electron chi connectivity index (χ0n) is 14.0. The smallest absolute Gasteiger partial charge is 0.251 e. The second kappa shape index (κ2) is 7.39. The first-order valence-corrected chi connectivity index (χ1v) is 10.3. The van der Waals surface area contributed by atoms with Gasteiger partial charge in [0.2, 0.25) is 16.8 Å². The maximum atomic E-state index is 12.4. The Bertz CT molecular complexity index is 760. The molecule has 0 saturated carbocycles. The molecule has 1 amide bonds. The van der Waals surface area contributed by atoms with Crippen LogP contribution in [0.4, 0.5) is 0 Å². The summed E-state index contributed by atoms with van der Waals surface area (Å²) in [5.74, 6) is 0.820. The number of nitrogens with zero attached hydrogens (tertiary/aromatic N) is 1. The summed E-state index contributed by atoms with van der Waals surface area (Å²) in [6.07, 6.45) is 1.78. The summed E-state index contributed by atoms with van der Waals surface area (Å²) < 4.78 is 36.2. The zero-order chi connectivity index (χ0) is 18.0. The normalized spacial score (nSPS) is 18.3. The van der Waals surface area contributed by atoms with E-state index in [2.05, 4.69) is 5.32 Å². The molecule has 1 aromatic carbocycles. The molecule has 2 heterocycles. The minimum atomic E-state index is -3.18. The molecule has 1 N–H and O–H groups in total. The fraction of sp³-hybridized carbons (Fsp3) is 0.562. The summed E-state index contributed by atoms with van der Waals surface area (Å²) in [6, 6.07) is 3.08. The van der Waals surface area contributed by atoms with Crippen molar-refractivity contribution < 1.29 is 22.7 Å². The summed E-state index contributed by atoms with van der Waals surface area (Å²) in [6.45, 7) is 2.79. The Morgan fingerprint density at radius 1 is 1.32 bits per heavy atom. The molecule has 25 heavy (non-hydrogen) atoms. The summed E-state index contributed by atoms with van der Waals surface area (Å²) in [5, 5.41) is 3.28. The molecule has 9 heteroatoms. The van der Waals surface area contributed by atoms with E-state index in [1.165, 1.54) is 4.31 Å². The number of carbonyl (C=O) groups excluding carboxylic acids is 1. The van der Waals surface area contributed by atoms with E-state index in [-0.39, 0.29) is 24.5 Å². The molecule has 2 aliphatic heterocycles. The van der Waals surface area contributed by atoms with Crippen molar-refractivity contribution in [2.45, 2.75) is 32.2 Å². The molecule has 0 atom stereocenters. The molecule has 0 spiro atoms. The first kappa shape index (κ1) is 18.3. The Balaban J connectivity index is 1.59. The molecule has 138 valence electrons. The summed E-state index contributed by atoms with van der Waals surface area (Å²) in [5.41, 5.74) is 0.398. The van der Waals surface area contributed by atoms with E-state index in [1.807, 2.05) is 6.92 Å². The second-order valence-electron chi connectivity index (χ2n) is 6.15. The largest absolute Gasteiger partial charge is 0.454 e. The first-order valence-electron chi connectivity index (χ1n) is 8.28. The molecule has 2 aliphatic rings. The molecule has 1 aromatic rings. The number of sulfonamides is 1. The predicted molar refractivity (Wildman–Crippen MR) is 93.7 cm³/mol. The van der Waals surface area contributed by atoms with Gasteiger partial charge in [-0.3, -0.25) is 4.79 Å². The van der Waals surface area contributed by atoms with Gasteiger partial charge in [-0.05, 0) is 31.4 Å². The number of amides is 1. The zero-order valence-corrected chi connectivity index (χ0v) is 15.5. The van der Waals surface area contributed by atoms with E-state index < -0.39 is 10.0 Å². The third kappa shape index (κ3) is 4.02. The lowest BCUT2D eigenvalue weighted by atomic mass is 10.1. The lowest BCUT2D eigenvalue weighted by Crippen LogP contribution is -2.47. The molecular formula is C16H21ClN2O5S. The lowest BCUT2D eigenvalue weighted by Gasteiger charge is -2.31. The molecule has 7 nitrogen and oxygen atoms in total. The highest BCUT2D eigenvalue weighted by Crippen LogP contribution is 2.39. The molecule has 1 saturated heterocycles. The molecule has 0 unspecified atom stereocenters. The number of piperidine rings is 1. The SMILES string of the molecule is CCCS(=O)(=O)N1CCC(NC(=O)c2cc(Cl)c3c(c2)OCO3)CC1. The van der Waals surface area contributed by atoms with Crippen LogP contribution in [0.15, 0.2) is 12.1 Å². The highest BCUT2D eigenvalue weighted by Gasteiger charge is 2.28. The number of hydrogen-bond donors (Lipinski definition) is 1. The number of rotatable bonds is 5. The average Bonchev–Trinajstić information content (AvgIpc) is 3.04. The van der Waals surface area contributed by atoms with Crippen LogP contribution in [0.1, 0.15) is 36.5 Å². The van der Waals surface area contributed by atoms with Crippen molar-refractivity contribution in [2.75, 3.05) is 25.6 Å². The molecular weight excluding hydrogens is 368 g/mol. The fourth-order valence-electron chi connectivity index (χ4n) is 3.03. The lowest BCUT2D eigenvalue weighted by molar-refractivity contribution is 0.0923. The third-order valence-electron chi connectivity index (χ3n) is 4.33. The van der Waals surface area contributed by atoms with Gasteiger partial charge in [0.1, 0.15) is 0 Å². The number of nitrogens with one attached hydrogen (secondary N) is 1. The van der Waals surface area contributed by atoms with Crippen molar-refractivity contribution in [3.63, 3.8) is 0 Å². The van der Waals surface area contributed by atoms with E-state index in [9.17, 15) is 13.2 Å². The highest BCUT2D eigenvalue weighted by molar-refractivity contribution is 7.89. The quantitative estimate of drug-likeness (QED) is 0.833. The van der Waals surface area contributed by atoms with Crippen molar-refractivity contribution in [3.8, 4) is 11.5 Å². The Hall–Kier alpha value is -1.51. The number of benzene rings is 1. The summed E-state index contributed by atoms with van der Waals surface area (Å²) in [7, 11) is -3.18. The second-order valence-corrected chi connectivity index (χ2v) is 8.65. The monoisotopic (exact) mass is 388 g/mol. The van der Waals surface area contributed by atoms with Gasteiger partial charge >= 0.3 is 0 Å². The van der Waals surface area contributed by atoms with E-state index >= 15 is 0 Å². The van der Waals surface area contributed by atoms with Gasteiger partial charge in [0.25, 0.3) is 5.91 Å². The Morgan fingerprint density at radius 3 is 2.72 bits per heavy atom. The van der Waals surface area contributed by atoms with Gasteiger partial charge in [-0.1, -0.05) is 18.5 Å². The van der Waals surface area contributed by atoms with Crippen molar-refractivity contribution in [2.24, 2.45) is 0 Å². The topological polar surface area (TPSA) is 84.9 Å². The number of carbonyl (C=O) groups is 1. The molecule has 0 aliphatic carbocycles. The van der Waals surface area contributed by atoms with Gasteiger partial charge in [-0.2, -0.15) is 0 Å². The number of fused-ring (bicyclic) bond motifs is 1. The van der Waals surface area contributed by atoms with Crippen LogP contribution in [0.2, 0.25) is 5.02 Å². The van der Waals surface area contributed by atoms with Crippen LogP contribution in [0.3, 0.4) is 0 Å². The van der Waals surface area contributed by atoms with Gasteiger partial charge in [0.05, 0.1) is 10.8 Å². The fourth-order valence-corrected chi connectivity index (χ4v) is 4.84. The van der Waals surface area contributed by atoms with E-state index in [1.54, 1.807) is 12.1 Å². The highest BCUT2D eigenvalue weighted by atomic mass is 35.5. The first-order chi connectivity index (χ1) is 11.9. The van der Waals surface area contributed by atoms with Crippen LogP contribution >= 0.6 is 11.6 Å². The van der Waals surface area contributed by atoms with Crippen molar-refractivity contribution in [1.29, 1.82) is 0 Å². The van der Waals surface area contributed by atoms with Crippen molar-refractivity contribution in [3.05, 3.63) is 22.7 Å². The van der Waals surface area contributed by atoms with Gasteiger partial charge in [-0.15, -0.1) is 0 Å². The molecule has 1 fully saturated rings. The van der Waals surface area contributed by atoms with Crippen LogP contribution < -0.4 is 14.8 Å².